The van der Waals surface area contributed by atoms with Gasteiger partial charge in [0.2, 0.25) is 0 Å². The van der Waals surface area contributed by atoms with Crippen LogP contribution in [-0.2, 0) is 61.8 Å². The van der Waals surface area contributed by atoms with E-state index in [-0.39, 0.29) is 12.5 Å². The average molecular weight is 1060 g/mol. The topological polar surface area (TPSA) is 346 Å². The van der Waals surface area contributed by atoms with E-state index in [1.54, 1.807) is 20.8 Å². The van der Waals surface area contributed by atoms with Gasteiger partial charge in [0.25, 0.3) is 0 Å². The molecule has 23 heteroatoms. The molecule has 23 nitrogen and oxygen atoms in total. The van der Waals surface area contributed by atoms with Crippen LogP contribution in [-0.4, -0.2) is 211 Å². The number of hydrogen-bond donors (Lipinski definition) is 10. The SMILES string of the molecule is CCCCC[C@H](CCCCCCCCCC(=O)O)O[C@@H]1O[C@H](C)[C@@H](O)[C@H](O)[C@H]1O[C@@H]1O[C@H](CO)[C@H](O)[C@H](O)[C@H]1O[C@@H]1O[C@@H](C)[C@H](O[C@@H]2O[C@H](C)[C@@H](OC(=O)[C@@H](C)[C@H](C)O)[C@H](O)[C@H]2O)[C@@H](O)[C@H]1OC(=O)[C@@H](C)CC. The maximum atomic E-state index is 13.4. The number of unbranched alkanes of at least 4 members (excludes halogenated alkanes) is 8. The highest BCUT2D eigenvalue weighted by Crippen LogP contribution is 2.37. The van der Waals surface area contributed by atoms with E-state index < -0.39 is 165 Å². The maximum absolute atomic E-state index is 13.4. The molecule has 4 fully saturated rings. The molecule has 73 heavy (non-hydrogen) atoms. The summed E-state index contributed by atoms with van der Waals surface area (Å²) in [5, 5.41) is 109. The minimum atomic E-state index is -1.94. The summed E-state index contributed by atoms with van der Waals surface area (Å²) < 4.78 is 60.6. The van der Waals surface area contributed by atoms with Crippen LogP contribution in [0, 0.1) is 11.8 Å². The van der Waals surface area contributed by atoms with E-state index in [1.165, 1.54) is 27.7 Å². The summed E-state index contributed by atoms with van der Waals surface area (Å²) in [5.41, 5.74) is 0. The first kappa shape index (κ1) is 63.3. The summed E-state index contributed by atoms with van der Waals surface area (Å²) in [6.07, 6.45) is -22.6. The summed E-state index contributed by atoms with van der Waals surface area (Å²) in [6.45, 7) is 11.8. The van der Waals surface area contributed by atoms with Crippen LogP contribution in [0.1, 0.15) is 145 Å². The lowest BCUT2D eigenvalue weighted by atomic mass is 9.96. The Labute approximate surface area is 428 Å². The number of rotatable bonds is 29. The number of aliphatic carboxylic acids is 1. The number of carboxylic acids is 1. The first-order chi connectivity index (χ1) is 34.6. The lowest BCUT2D eigenvalue weighted by Gasteiger charge is -2.49. The normalized spacial score (nSPS) is 38.8. The predicted molar refractivity (Wildman–Crippen MR) is 254 cm³/mol. The molecule has 4 rings (SSSR count). The lowest BCUT2D eigenvalue weighted by Crippen LogP contribution is -2.67. The molecule has 4 heterocycles. The Balaban J connectivity index is 1.57. The zero-order chi connectivity index (χ0) is 54.3. The van der Waals surface area contributed by atoms with Crippen molar-refractivity contribution in [1.82, 2.24) is 0 Å². The van der Waals surface area contributed by atoms with Crippen LogP contribution < -0.4 is 0 Å². The molecule has 0 bridgehead atoms. The second kappa shape index (κ2) is 30.6. The van der Waals surface area contributed by atoms with Gasteiger partial charge in [-0.15, -0.1) is 0 Å². The Hall–Kier alpha value is -2.27. The first-order valence-corrected chi connectivity index (χ1v) is 26.5. The number of esters is 2. The zero-order valence-electron chi connectivity index (χ0n) is 43.7. The summed E-state index contributed by atoms with van der Waals surface area (Å²) in [6, 6.07) is 0. The molecule has 0 aliphatic carbocycles. The molecule has 4 saturated heterocycles. The molecule has 0 amide bonds. The Kier molecular flexibility index (Phi) is 26.5. The number of carboxylic acid groups (broad SMARTS) is 1. The fourth-order valence-electron chi connectivity index (χ4n) is 9.21. The quantitative estimate of drug-likeness (QED) is 0.0370. The third-order valence-corrected chi connectivity index (χ3v) is 14.5. The molecule has 4 aliphatic rings. The van der Waals surface area contributed by atoms with E-state index in [4.69, 9.17) is 52.5 Å². The highest BCUT2D eigenvalue weighted by molar-refractivity contribution is 5.73. The van der Waals surface area contributed by atoms with Gasteiger partial charge < -0.3 is 98.4 Å². The van der Waals surface area contributed by atoms with Crippen LogP contribution in [0.25, 0.3) is 0 Å². The molecule has 0 saturated carbocycles. The standard InChI is InChI=1S/C50H88O23/c1-9-11-17-20-30(21-18-15-13-12-14-16-19-22-32(53)54)67-48-42(35(57)33(55)27(6)64-48)73-50-43(36(58)34(56)31(23-51)68-50)72-49-44(70-45(62)24(3)10-2)39(61)41(29(8)66-49)71-47-38(60)37(59)40(28(7)65-47)69-46(63)25(4)26(5)52/h24-31,33-44,47-52,55-61H,9-23H2,1-8H3,(H,53,54)/t24-,25-,26-,27+,28+,29-,30+,31+,33+,34-,35-,36-,37+,38+,39+,40+,41-,42+,43+,44+,47-,48-,49-,50-/m0/s1. The summed E-state index contributed by atoms with van der Waals surface area (Å²) in [4.78, 5) is 36.9. The Morgan fingerprint density at radius 2 is 1.01 bits per heavy atom. The fourth-order valence-corrected chi connectivity index (χ4v) is 9.21. The second-order valence-electron chi connectivity index (χ2n) is 20.4. The van der Waals surface area contributed by atoms with Crippen LogP contribution in [0.4, 0.5) is 0 Å². The van der Waals surface area contributed by atoms with Gasteiger partial charge in [-0.25, -0.2) is 0 Å². The first-order valence-electron chi connectivity index (χ1n) is 26.5. The van der Waals surface area contributed by atoms with Gasteiger partial charge in [-0.1, -0.05) is 78.6 Å². The van der Waals surface area contributed by atoms with Crippen molar-refractivity contribution in [2.24, 2.45) is 11.8 Å². The van der Waals surface area contributed by atoms with Crippen LogP contribution in [0.15, 0.2) is 0 Å². The number of aliphatic hydroxyl groups excluding tert-OH is 9. The van der Waals surface area contributed by atoms with Gasteiger partial charge in [0.15, 0.2) is 37.4 Å². The Bertz CT molecular complexity index is 1630. The molecule has 0 spiro atoms. The molecule has 426 valence electrons. The van der Waals surface area contributed by atoms with Gasteiger partial charge in [0, 0.05) is 6.42 Å². The number of aliphatic hydroxyl groups is 9. The van der Waals surface area contributed by atoms with Gasteiger partial charge in [-0.2, -0.15) is 0 Å². The smallest absolute Gasteiger partial charge is 0.311 e. The predicted octanol–water partition coefficient (Wildman–Crippen LogP) is 1.07. The molecule has 24 atom stereocenters. The van der Waals surface area contributed by atoms with E-state index in [0.29, 0.717) is 25.7 Å². The molecule has 0 aromatic carbocycles. The van der Waals surface area contributed by atoms with Gasteiger partial charge in [-0.05, 0) is 60.3 Å². The summed E-state index contributed by atoms with van der Waals surface area (Å²) in [7, 11) is 0. The van der Waals surface area contributed by atoms with Crippen molar-refractivity contribution in [3.8, 4) is 0 Å². The minimum absolute atomic E-state index is 0.154. The van der Waals surface area contributed by atoms with Crippen molar-refractivity contribution in [1.29, 1.82) is 0 Å². The van der Waals surface area contributed by atoms with Crippen molar-refractivity contribution in [3.05, 3.63) is 0 Å². The van der Waals surface area contributed by atoms with Crippen LogP contribution in [0.3, 0.4) is 0 Å². The highest BCUT2D eigenvalue weighted by atomic mass is 16.8. The molecular formula is C50H88O23. The molecule has 0 unspecified atom stereocenters. The van der Waals surface area contributed by atoms with Crippen LogP contribution in [0.5, 0.6) is 0 Å². The van der Waals surface area contributed by atoms with E-state index in [2.05, 4.69) is 6.92 Å². The van der Waals surface area contributed by atoms with Gasteiger partial charge in [0.1, 0.15) is 67.1 Å². The molecule has 0 radical (unpaired) electrons. The van der Waals surface area contributed by atoms with Gasteiger partial charge in [0.05, 0.1) is 49.0 Å². The Morgan fingerprint density at radius 3 is 1.60 bits per heavy atom. The average Bonchev–Trinajstić information content (AvgIpc) is 3.35. The van der Waals surface area contributed by atoms with Crippen molar-refractivity contribution in [3.63, 3.8) is 0 Å². The van der Waals surface area contributed by atoms with Crippen molar-refractivity contribution in [2.75, 3.05) is 6.61 Å². The molecular weight excluding hydrogens is 969 g/mol. The zero-order valence-corrected chi connectivity index (χ0v) is 43.7. The monoisotopic (exact) mass is 1060 g/mol. The largest absolute Gasteiger partial charge is 0.481 e. The van der Waals surface area contributed by atoms with Crippen molar-refractivity contribution in [2.45, 2.75) is 280 Å². The maximum Gasteiger partial charge on any atom is 0.311 e. The number of carbonyl (C=O) groups is 3. The van der Waals surface area contributed by atoms with E-state index in [9.17, 15) is 60.3 Å². The lowest BCUT2D eigenvalue weighted by molar-refractivity contribution is -0.399. The second-order valence-corrected chi connectivity index (χ2v) is 20.4. The van der Waals surface area contributed by atoms with E-state index in [0.717, 1.165) is 57.8 Å². The molecule has 0 aromatic rings. The fraction of sp³-hybridized carbons (Fsp3) is 0.940. The number of ether oxygens (including phenoxy) is 10. The summed E-state index contributed by atoms with van der Waals surface area (Å²) >= 11 is 0. The third-order valence-electron chi connectivity index (χ3n) is 14.5. The minimum Gasteiger partial charge on any atom is -0.481 e. The summed E-state index contributed by atoms with van der Waals surface area (Å²) in [5.74, 6) is -4.12. The highest BCUT2D eigenvalue weighted by Gasteiger charge is 2.56. The molecule has 10 N–H and O–H groups in total. The van der Waals surface area contributed by atoms with Gasteiger partial charge >= 0.3 is 17.9 Å². The Morgan fingerprint density at radius 1 is 0.521 bits per heavy atom. The van der Waals surface area contributed by atoms with Gasteiger partial charge in [-0.3, -0.25) is 14.4 Å². The number of carbonyl (C=O) groups excluding carboxylic acids is 2. The molecule has 0 aromatic heterocycles. The van der Waals surface area contributed by atoms with Crippen LogP contribution in [0.2, 0.25) is 0 Å². The van der Waals surface area contributed by atoms with Crippen LogP contribution >= 0.6 is 0 Å². The molecule has 4 aliphatic heterocycles. The van der Waals surface area contributed by atoms with Crippen molar-refractivity contribution >= 4 is 17.9 Å². The van der Waals surface area contributed by atoms with E-state index in [1.807, 2.05) is 0 Å². The number of hydrogen-bond acceptors (Lipinski definition) is 22. The van der Waals surface area contributed by atoms with E-state index >= 15 is 0 Å². The van der Waals surface area contributed by atoms with Crippen molar-refractivity contribution < 1.29 is 113 Å². The third kappa shape index (κ3) is 17.6.